The number of carbonyl (C=O) groups is 1. The lowest BCUT2D eigenvalue weighted by Gasteiger charge is -2.14. The zero-order chi connectivity index (χ0) is 23.4. The Bertz CT molecular complexity index is 1220. The number of halogens is 3. The molecule has 0 amide bonds. The highest BCUT2D eigenvalue weighted by atomic mass is 79.9. The number of hydrogen-bond donors (Lipinski definition) is 1. The molecule has 0 spiro atoms. The van der Waals surface area contributed by atoms with Crippen LogP contribution in [0.3, 0.4) is 0 Å². The molecule has 0 saturated carbocycles. The molecule has 0 bridgehead atoms. The molecule has 0 radical (unpaired) electrons. The highest BCUT2D eigenvalue weighted by molar-refractivity contribution is 9.10. The van der Waals surface area contributed by atoms with E-state index in [9.17, 15) is 4.79 Å². The van der Waals surface area contributed by atoms with Crippen molar-refractivity contribution < 1.29 is 18.7 Å². The molecule has 1 atom stereocenters. The maximum atomic E-state index is 15.0. The van der Waals surface area contributed by atoms with Crippen LogP contribution in [0.4, 0.5) is 10.1 Å². The van der Waals surface area contributed by atoms with Crippen molar-refractivity contribution in [2.75, 3.05) is 25.1 Å². The van der Waals surface area contributed by atoms with E-state index in [0.29, 0.717) is 12.4 Å². The van der Waals surface area contributed by atoms with Crippen molar-refractivity contribution in [1.82, 2.24) is 4.57 Å². The topological polar surface area (TPSA) is 52.5 Å². The molecule has 33 heavy (non-hydrogen) atoms. The number of fused-ring (bicyclic) bond motifs is 3. The van der Waals surface area contributed by atoms with Gasteiger partial charge in [-0.05, 0) is 67.6 Å². The van der Waals surface area contributed by atoms with Gasteiger partial charge in [0.15, 0.2) is 6.61 Å². The van der Waals surface area contributed by atoms with E-state index < -0.39 is 12.1 Å². The van der Waals surface area contributed by atoms with E-state index in [1.807, 2.05) is 28.8 Å². The Morgan fingerprint density at radius 3 is 2.18 bits per heavy atom. The fourth-order valence-electron chi connectivity index (χ4n) is 3.75. The molecular formula is C25H23Br2FN2O3. The minimum Gasteiger partial charge on any atom is -0.482 e. The molecule has 8 heteroatoms. The van der Waals surface area contributed by atoms with Gasteiger partial charge < -0.3 is 19.4 Å². The fourth-order valence-corrected chi connectivity index (χ4v) is 4.47. The summed E-state index contributed by atoms with van der Waals surface area (Å²) in [6, 6.07) is 19.2. The van der Waals surface area contributed by atoms with Crippen LogP contribution in [0.5, 0.6) is 5.75 Å². The summed E-state index contributed by atoms with van der Waals surface area (Å²) < 4.78 is 29.3. The Balaban J connectivity index is 1.42. The average Bonchev–Trinajstić information content (AvgIpc) is 3.09. The van der Waals surface area contributed by atoms with E-state index in [4.69, 9.17) is 9.47 Å². The van der Waals surface area contributed by atoms with Crippen molar-refractivity contribution in [3.8, 4) is 5.75 Å². The molecular weight excluding hydrogens is 555 g/mol. The molecule has 1 aromatic heterocycles. The van der Waals surface area contributed by atoms with Crippen LogP contribution in [0.2, 0.25) is 0 Å². The molecule has 3 aromatic carbocycles. The quantitative estimate of drug-likeness (QED) is 0.225. The first-order valence-corrected chi connectivity index (χ1v) is 12.2. The van der Waals surface area contributed by atoms with Gasteiger partial charge in [0, 0.05) is 43.0 Å². The van der Waals surface area contributed by atoms with Crippen LogP contribution in [0.1, 0.15) is 6.92 Å². The Hall–Kier alpha value is -2.58. The average molecular weight is 578 g/mol. The molecule has 0 aliphatic heterocycles. The first kappa shape index (κ1) is 23.6. The van der Waals surface area contributed by atoms with Gasteiger partial charge in [0.05, 0.1) is 13.2 Å². The molecule has 1 heterocycles. The molecule has 0 saturated heterocycles. The lowest BCUT2D eigenvalue weighted by Crippen LogP contribution is -2.21. The normalized spacial score (nSPS) is 12.1. The van der Waals surface area contributed by atoms with Gasteiger partial charge in [0.2, 0.25) is 0 Å². The predicted molar refractivity (Wildman–Crippen MR) is 137 cm³/mol. The van der Waals surface area contributed by atoms with Crippen LogP contribution in [0, 0.1) is 0 Å². The van der Waals surface area contributed by atoms with Gasteiger partial charge in [0.1, 0.15) is 11.9 Å². The van der Waals surface area contributed by atoms with Gasteiger partial charge in [-0.1, -0.05) is 31.9 Å². The van der Waals surface area contributed by atoms with Gasteiger partial charge in [-0.3, -0.25) is 0 Å². The standard InChI is InChI=1S/C25H23Br2FN2O3/c1-2-32-25(31)15-33-20-7-5-19(6-8-20)29-13-18(28)14-30-23-9-3-16(26)11-21(23)22-12-17(27)4-10-24(22)30/h3-12,18,29H,2,13-15H2,1H3. The summed E-state index contributed by atoms with van der Waals surface area (Å²) in [5, 5.41) is 5.30. The molecule has 5 nitrogen and oxygen atoms in total. The largest absolute Gasteiger partial charge is 0.482 e. The van der Waals surface area contributed by atoms with Crippen molar-refractivity contribution in [3.63, 3.8) is 0 Å². The number of rotatable bonds is 9. The van der Waals surface area contributed by atoms with Crippen LogP contribution < -0.4 is 10.1 Å². The minimum atomic E-state index is -1.10. The number of esters is 1. The Labute approximate surface area is 208 Å². The molecule has 4 aromatic rings. The van der Waals surface area contributed by atoms with E-state index in [2.05, 4.69) is 49.3 Å². The third-order valence-electron chi connectivity index (χ3n) is 5.21. The summed E-state index contributed by atoms with van der Waals surface area (Å²) in [5.41, 5.74) is 2.77. The summed E-state index contributed by atoms with van der Waals surface area (Å²) in [4.78, 5) is 11.4. The predicted octanol–water partition coefficient (Wildman–Crippen LogP) is 6.71. The lowest BCUT2D eigenvalue weighted by atomic mass is 10.2. The molecule has 1 unspecified atom stereocenters. The highest BCUT2D eigenvalue weighted by Crippen LogP contribution is 2.33. The van der Waals surface area contributed by atoms with Crippen molar-refractivity contribution in [2.24, 2.45) is 0 Å². The number of aromatic nitrogens is 1. The number of benzene rings is 3. The van der Waals surface area contributed by atoms with Crippen LogP contribution in [0.25, 0.3) is 21.8 Å². The summed E-state index contributed by atoms with van der Waals surface area (Å²) in [5.74, 6) is 0.137. The lowest BCUT2D eigenvalue weighted by molar-refractivity contribution is -0.145. The number of alkyl halides is 1. The van der Waals surface area contributed by atoms with Gasteiger partial charge in [0.25, 0.3) is 0 Å². The van der Waals surface area contributed by atoms with Crippen molar-refractivity contribution in [2.45, 2.75) is 19.6 Å². The molecule has 1 N–H and O–H groups in total. The number of carbonyl (C=O) groups excluding carboxylic acids is 1. The van der Waals surface area contributed by atoms with Gasteiger partial charge in [-0.15, -0.1) is 0 Å². The van der Waals surface area contributed by atoms with Crippen LogP contribution in [-0.4, -0.2) is 36.5 Å². The molecule has 172 valence electrons. The summed E-state index contributed by atoms with van der Waals surface area (Å²) in [6.07, 6.45) is -1.10. The van der Waals surface area contributed by atoms with Crippen LogP contribution in [-0.2, 0) is 16.1 Å². The molecule has 4 rings (SSSR count). The zero-order valence-corrected chi connectivity index (χ0v) is 21.2. The van der Waals surface area contributed by atoms with Crippen molar-refractivity contribution in [1.29, 1.82) is 0 Å². The van der Waals surface area contributed by atoms with Crippen LogP contribution >= 0.6 is 31.9 Å². The Morgan fingerprint density at radius 2 is 1.61 bits per heavy atom. The second-order valence-electron chi connectivity index (χ2n) is 7.53. The number of ether oxygens (including phenoxy) is 2. The van der Waals surface area contributed by atoms with Gasteiger partial charge in [-0.2, -0.15) is 0 Å². The van der Waals surface area contributed by atoms with E-state index in [0.717, 1.165) is 36.4 Å². The SMILES string of the molecule is CCOC(=O)COc1ccc(NCC(F)Cn2c3ccc(Br)cc3c3cc(Br)ccc32)cc1. The maximum absolute atomic E-state index is 15.0. The van der Waals surface area contributed by atoms with E-state index >= 15 is 4.39 Å². The van der Waals surface area contributed by atoms with E-state index in [1.54, 1.807) is 31.2 Å². The molecule has 0 fully saturated rings. The zero-order valence-electron chi connectivity index (χ0n) is 18.0. The monoisotopic (exact) mass is 576 g/mol. The molecule has 0 aliphatic carbocycles. The smallest absolute Gasteiger partial charge is 0.344 e. The number of hydrogen-bond acceptors (Lipinski definition) is 4. The van der Waals surface area contributed by atoms with E-state index in [1.165, 1.54) is 0 Å². The summed E-state index contributed by atoms with van der Waals surface area (Å²) in [6.45, 7) is 2.32. The summed E-state index contributed by atoms with van der Waals surface area (Å²) >= 11 is 7.08. The number of nitrogens with zero attached hydrogens (tertiary/aromatic N) is 1. The summed E-state index contributed by atoms with van der Waals surface area (Å²) in [7, 11) is 0. The third kappa shape index (κ3) is 5.68. The number of nitrogens with one attached hydrogen (secondary N) is 1. The van der Waals surface area contributed by atoms with Crippen molar-refractivity contribution in [3.05, 3.63) is 69.6 Å². The first-order chi connectivity index (χ1) is 15.9. The second kappa shape index (κ2) is 10.6. The van der Waals surface area contributed by atoms with E-state index in [-0.39, 0.29) is 19.7 Å². The second-order valence-corrected chi connectivity index (χ2v) is 9.36. The minimum absolute atomic E-state index is 0.140. The highest BCUT2D eigenvalue weighted by Gasteiger charge is 2.15. The fraction of sp³-hybridized carbons (Fsp3) is 0.240. The maximum Gasteiger partial charge on any atom is 0.344 e. The Kier molecular flexibility index (Phi) is 7.55. The van der Waals surface area contributed by atoms with Gasteiger partial charge in [-0.25, -0.2) is 9.18 Å². The van der Waals surface area contributed by atoms with Crippen molar-refractivity contribution >= 4 is 65.3 Å². The Morgan fingerprint density at radius 1 is 1.00 bits per heavy atom. The first-order valence-electron chi connectivity index (χ1n) is 10.6. The third-order valence-corrected chi connectivity index (χ3v) is 6.20. The van der Waals surface area contributed by atoms with Crippen LogP contribution in [0.15, 0.2) is 69.6 Å². The molecule has 0 aliphatic rings. The van der Waals surface area contributed by atoms with Gasteiger partial charge >= 0.3 is 5.97 Å². The number of anilines is 1.